The van der Waals surface area contributed by atoms with Gasteiger partial charge in [0, 0.05) is 19.0 Å². The molecule has 1 rings (SSSR count). The molecule has 16 heavy (non-hydrogen) atoms. The maximum Gasteiger partial charge on any atom is 0.409 e. The minimum Gasteiger partial charge on any atom is -0.481 e. The molecule has 1 amide bonds. The summed E-state index contributed by atoms with van der Waals surface area (Å²) < 4.78 is 4.96. The lowest BCUT2D eigenvalue weighted by Crippen LogP contribution is -2.44. The third-order valence-corrected chi connectivity index (χ3v) is 2.82. The number of aliphatic carboxylic acids is 1. The Morgan fingerprint density at radius 2 is 2.19 bits per heavy atom. The van der Waals surface area contributed by atoms with Crippen molar-refractivity contribution in [1.82, 2.24) is 4.90 Å². The molecule has 0 aromatic carbocycles. The number of hydrogen-bond acceptors (Lipinski definition) is 3. The maximum absolute atomic E-state index is 11.6. The van der Waals surface area contributed by atoms with E-state index in [2.05, 4.69) is 0 Å². The zero-order valence-corrected chi connectivity index (χ0v) is 9.65. The third-order valence-electron chi connectivity index (χ3n) is 2.82. The topological polar surface area (TPSA) is 66.8 Å². The Balaban J connectivity index is 2.49. The Morgan fingerprint density at radius 3 is 2.81 bits per heavy atom. The fourth-order valence-corrected chi connectivity index (χ4v) is 2.04. The molecule has 0 aliphatic carbocycles. The van der Waals surface area contributed by atoms with Gasteiger partial charge in [-0.05, 0) is 32.6 Å². The molecule has 1 N–H and O–H groups in total. The molecule has 1 unspecified atom stereocenters. The number of piperidine rings is 1. The highest BCUT2D eigenvalue weighted by Gasteiger charge is 2.27. The number of nitrogens with zero attached hydrogens (tertiary/aromatic N) is 1. The monoisotopic (exact) mass is 229 g/mol. The summed E-state index contributed by atoms with van der Waals surface area (Å²) in [6.45, 7) is 2.82. The average molecular weight is 229 g/mol. The van der Waals surface area contributed by atoms with Crippen LogP contribution in [0.1, 0.15) is 39.0 Å². The van der Waals surface area contributed by atoms with Crippen LogP contribution in [0.5, 0.6) is 0 Å². The van der Waals surface area contributed by atoms with E-state index in [1.165, 1.54) is 0 Å². The van der Waals surface area contributed by atoms with E-state index in [0.29, 0.717) is 19.6 Å². The molecule has 0 radical (unpaired) electrons. The first-order valence-electron chi connectivity index (χ1n) is 5.80. The average Bonchev–Trinajstić information content (AvgIpc) is 2.27. The molecule has 92 valence electrons. The van der Waals surface area contributed by atoms with Gasteiger partial charge in [-0.15, -0.1) is 0 Å². The molecule has 5 heteroatoms. The SMILES string of the molecule is CCOC(=O)N1CCCCC1CCC(=O)O. The summed E-state index contributed by atoms with van der Waals surface area (Å²) in [6, 6.07) is 0.0314. The second-order valence-corrected chi connectivity index (χ2v) is 3.97. The number of carboxylic acids is 1. The van der Waals surface area contributed by atoms with Crippen LogP contribution in [0.4, 0.5) is 4.79 Å². The predicted molar refractivity (Wildman–Crippen MR) is 58.2 cm³/mol. The van der Waals surface area contributed by atoms with E-state index in [1.807, 2.05) is 0 Å². The number of amides is 1. The first kappa shape index (κ1) is 12.8. The highest BCUT2D eigenvalue weighted by molar-refractivity contribution is 5.69. The van der Waals surface area contributed by atoms with E-state index >= 15 is 0 Å². The number of carbonyl (C=O) groups is 2. The van der Waals surface area contributed by atoms with Gasteiger partial charge in [0.15, 0.2) is 0 Å². The lowest BCUT2D eigenvalue weighted by atomic mass is 9.98. The van der Waals surface area contributed by atoms with Gasteiger partial charge in [-0.2, -0.15) is 0 Å². The van der Waals surface area contributed by atoms with Crippen molar-refractivity contribution in [3.05, 3.63) is 0 Å². The van der Waals surface area contributed by atoms with E-state index in [0.717, 1.165) is 19.3 Å². The van der Waals surface area contributed by atoms with Gasteiger partial charge in [0.05, 0.1) is 6.61 Å². The second kappa shape index (κ2) is 6.35. The smallest absolute Gasteiger partial charge is 0.409 e. The Hall–Kier alpha value is -1.26. The van der Waals surface area contributed by atoms with Crippen LogP contribution in [0.25, 0.3) is 0 Å². The summed E-state index contributed by atoms with van der Waals surface area (Å²) in [4.78, 5) is 23.8. The molecule has 1 saturated heterocycles. The first-order valence-corrected chi connectivity index (χ1v) is 5.80. The largest absolute Gasteiger partial charge is 0.481 e. The molecule has 0 aromatic rings. The zero-order valence-electron chi connectivity index (χ0n) is 9.65. The highest BCUT2D eigenvalue weighted by Crippen LogP contribution is 2.21. The van der Waals surface area contributed by atoms with E-state index in [4.69, 9.17) is 9.84 Å². The van der Waals surface area contributed by atoms with Gasteiger partial charge < -0.3 is 14.7 Å². The van der Waals surface area contributed by atoms with Crippen molar-refractivity contribution >= 4 is 12.1 Å². The van der Waals surface area contributed by atoms with Crippen LogP contribution in [0, 0.1) is 0 Å². The molecular weight excluding hydrogens is 210 g/mol. The van der Waals surface area contributed by atoms with Crippen LogP contribution < -0.4 is 0 Å². The fraction of sp³-hybridized carbons (Fsp3) is 0.818. The number of ether oxygens (including phenoxy) is 1. The van der Waals surface area contributed by atoms with Crippen LogP contribution in [0.15, 0.2) is 0 Å². The summed E-state index contributed by atoms with van der Waals surface area (Å²) in [5.41, 5.74) is 0. The summed E-state index contributed by atoms with van der Waals surface area (Å²) in [5, 5.41) is 8.64. The summed E-state index contributed by atoms with van der Waals surface area (Å²) in [7, 11) is 0. The lowest BCUT2D eigenvalue weighted by Gasteiger charge is -2.34. The molecule has 5 nitrogen and oxygen atoms in total. The standard InChI is InChI=1S/C11H19NO4/c1-2-16-11(15)12-8-4-3-5-9(12)6-7-10(13)14/h9H,2-8H2,1H3,(H,13,14). The van der Waals surface area contributed by atoms with Crippen molar-refractivity contribution < 1.29 is 19.4 Å². The summed E-state index contributed by atoms with van der Waals surface area (Å²) in [5.74, 6) is -0.811. The molecular formula is C11H19NO4. The van der Waals surface area contributed by atoms with Gasteiger partial charge in [-0.1, -0.05) is 0 Å². The van der Waals surface area contributed by atoms with Gasteiger partial charge in [-0.3, -0.25) is 4.79 Å². The quantitative estimate of drug-likeness (QED) is 0.799. The number of hydrogen-bond donors (Lipinski definition) is 1. The van der Waals surface area contributed by atoms with Gasteiger partial charge in [-0.25, -0.2) is 4.79 Å². The molecule has 0 spiro atoms. The highest BCUT2D eigenvalue weighted by atomic mass is 16.6. The Labute approximate surface area is 95.4 Å². The van der Waals surface area contributed by atoms with Crippen LogP contribution in [0.3, 0.4) is 0 Å². The number of carboxylic acid groups (broad SMARTS) is 1. The fourth-order valence-electron chi connectivity index (χ4n) is 2.04. The van der Waals surface area contributed by atoms with Crippen molar-refractivity contribution in [2.24, 2.45) is 0 Å². The molecule has 0 bridgehead atoms. The lowest BCUT2D eigenvalue weighted by molar-refractivity contribution is -0.137. The molecule has 1 aliphatic rings. The molecule has 0 aromatic heterocycles. The van der Waals surface area contributed by atoms with Crippen molar-refractivity contribution in [2.45, 2.75) is 45.1 Å². The van der Waals surface area contributed by atoms with Crippen molar-refractivity contribution in [1.29, 1.82) is 0 Å². The number of likely N-dealkylation sites (tertiary alicyclic amines) is 1. The zero-order chi connectivity index (χ0) is 12.0. The second-order valence-electron chi connectivity index (χ2n) is 3.97. The van der Waals surface area contributed by atoms with Crippen molar-refractivity contribution in [3.8, 4) is 0 Å². The van der Waals surface area contributed by atoms with Crippen molar-refractivity contribution in [3.63, 3.8) is 0 Å². The normalized spacial score (nSPS) is 20.6. The Kier molecular flexibility index (Phi) is 5.08. The molecule has 0 saturated carbocycles. The van der Waals surface area contributed by atoms with Gasteiger partial charge in [0.1, 0.15) is 0 Å². The number of rotatable bonds is 4. The molecule has 1 fully saturated rings. The van der Waals surface area contributed by atoms with Crippen LogP contribution in [-0.4, -0.2) is 41.3 Å². The van der Waals surface area contributed by atoms with Crippen LogP contribution in [-0.2, 0) is 9.53 Å². The van der Waals surface area contributed by atoms with E-state index < -0.39 is 5.97 Å². The molecule has 1 heterocycles. The summed E-state index contributed by atoms with van der Waals surface area (Å²) in [6.07, 6.45) is 3.24. The Morgan fingerprint density at radius 1 is 1.44 bits per heavy atom. The van der Waals surface area contributed by atoms with Crippen molar-refractivity contribution in [2.75, 3.05) is 13.2 Å². The van der Waals surface area contributed by atoms with E-state index in [1.54, 1.807) is 11.8 Å². The van der Waals surface area contributed by atoms with Gasteiger partial charge in [0.25, 0.3) is 0 Å². The van der Waals surface area contributed by atoms with Gasteiger partial charge >= 0.3 is 12.1 Å². The van der Waals surface area contributed by atoms with E-state index in [-0.39, 0.29) is 18.6 Å². The minimum atomic E-state index is -0.811. The molecule has 1 aliphatic heterocycles. The minimum absolute atomic E-state index is 0.0314. The predicted octanol–water partition coefficient (Wildman–Crippen LogP) is 1.86. The Bertz CT molecular complexity index is 254. The third kappa shape index (κ3) is 3.72. The summed E-state index contributed by atoms with van der Waals surface area (Å²) >= 11 is 0. The first-order chi connectivity index (χ1) is 7.65. The van der Waals surface area contributed by atoms with E-state index in [9.17, 15) is 9.59 Å². The van der Waals surface area contributed by atoms with Crippen LogP contribution in [0.2, 0.25) is 0 Å². The van der Waals surface area contributed by atoms with Crippen LogP contribution >= 0.6 is 0 Å². The number of carbonyl (C=O) groups excluding carboxylic acids is 1. The molecule has 1 atom stereocenters. The van der Waals surface area contributed by atoms with Gasteiger partial charge in [0.2, 0.25) is 0 Å². The maximum atomic E-state index is 11.6.